The predicted octanol–water partition coefficient (Wildman–Crippen LogP) is 3.99. The summed E-state index contributed by atoms with van der Waals surface area (Å²) in [6.45, 7) is 1.85. The van der Waals surface area contributed by atoms with Gasteiger partial charge in [-0.2, -0.15) is 0 Å². The van der Waals surface area contributed by atoms with Crippen LogP contribution in [0.5, 0.6) is 0 Å². The van der Waals surface area contributed by atoms with Crippen molar-refractivity contribution >= 4 is 55.8 Å². The number of halogens is 2. The van der Waals surface area contributed by atoms with Crippen LogP contribution in [0.1, 0.15) is 29.6 Å². The number of hydrogen-bond acceptors (Lipinski definition) is 2. The number of carbonyl (C=O) groups is 1. The lowest BCUT2D eigenvalue weighted by atomic mass is 9.95. The van der Waals surface area contributed by atoms with Crippen LogP contribution < -0.4 is 0 Å². The van der Waals surface area contributed by atoms with Gasteiger partial charge in [0.05, 0.1) is 8.45 Å². The van der Waals surface area contributed by atoms with Crippen LogP contribution in [0, 0.1) is 8.80 Å². The van der Waals surface area contributed by atoms with Gasteiger partial charge in [0.15, 0.2) is 0 Å². The van der Waals surface area contributed by atoms with Gasteiger partial charge in [-0.15, -0.1) is 11.3 Å². The Morgan fingerprint density at radius 3 is 3.12 bits per heavy atom. The topological polar surface area (TPSA) is 20.3 Å². The van der Waals surface area contributed by atoms with Crippen molar-refractivity contribution in [1.29, 1.82) is 0 Å². The van der Waals surface area contributed by atoms with Crippen LogP contribution in [0.15, 0.2) is 11.4 Å². The van der Waals surface area contributed by atoms with Crippen molar-refractivity contribution in [2.45, 2.75) is 19.3 Å². The average molecular weight is 428 g/mol. The number of thiophene rings is 1. The average Bonchev–Trinajstić information content (AvgIpc) is 2.76. The summed E-state index contributed by atoms with van der Waals surface area (Å²) in [6.07, 6.45) is 3.58. The summed E-state index contributed by atoms with van der Waals surface area (Å²) >= 11 is 7.39. The maximum Gasteiger partial charge on any atom is 0.254 e. The molecule has 1 aliphatic rings. The molecule has 0 aromatic carbocycles. The highest BCUT2D eigenvalue weighted by atomic mass is 127. The zero-order chi connectivity index (χ0) is 12.3. The van der Waals surface area contributed by atoms with Crippen LogP contribution in [-0.4, -0.2) is 29.2 Å². The second-order valence-electron chi connectivity index (χ2n) is 4.38. The molecule has 0 saturated carbocycles. The number of rotatable bonds is 3. The van der Waals surface area contributed by atoms with E-state index in [-0.39, 0.29) is 5.91 Å². The molecular formula is C12H15BrINOS. The summed E-state index contributed by atoms with van der Waals surface area (Å²) in [5, 5.41) is 3.01. The van der Waals surface area contributed by atoms with Gasteiger partial charge >= 0.3 is 0 Å². The second kappa shape index (κ2) is 6.52. The van der Waals surface area contributed by atoms with Gasteiger partial charge in [-0.05, 0) is 53.8 Å². The van der Waals surface area contributed by atoms with E-state index in [0.29, 0.717) is 5.92 Å². The van der Waals surface area contributed by atoms with E-state index < -0.39 is 0 Å². The molecule has 0 radical (unpaired) electrons. The monoisotopic (exact) mass is 427 g/mol. The number of nitrogens with zero attached hydrogens (tertiary/aromatic N) is 1. The van der Waals surface area contributed by atoms with E-state index in [9.17, 15) is 4.79 Å². The summed E-state index contributed by atoms with van der Waals surface area (Å²) < 4.78 is 1.18. The Morgan fingerprint density at radius 2 is 2.47 bits per heavy atom. The third-order valence-corrected chi connectivity index (χ3v) is 5.38. The second-order valence-corrected chi connectivity index (χ2v) is 7.97. The summed E-state index contributed by atoms with van der Waals surface area (Å²) in [5.74, 6) is 0.883. The van der Waals surface area contributed by atoms with E-state index in [0.717, 1.165) is 30.4 Å². The van der Waals surface area contributed by atoms with E-state index in [1.54, 1.807) is 11.3 Å². The molecule has 1 aromatic rings. The molecule has 0 bridgehead atoms. The zero-order valence-corrected chi connectivity index (χ0v) is 14.1. The molecule has 94 valence electrons. The molecular weight excluding hydrogens is 413 g/mol. The van der Waals surface area contributed by atoms with Gasteiger partial charge in [-0.25, -0.2) is 0 Å². The van der Waals surface area contributed by atoms with Crippen molar-refractivity contribution in [3.8, 4) is 0 Å². The molecule has 1 atom stereocenters. The number of hydrogen-bond donors (Lipinski definition) is 0. The first-order chi connectivity index (χ1) is 8.20. The summed E-state index contributed by atoms with van der Waals surface area (Å²) in [5.41, 5.74) is 0.860. The first-order valence-electron chi connectivity index (χ1n) is 5.80. The van der Waals surface area contributed by atoms with Crippen molar-refractivity contribution in [3.05, 3.63) is 19.9 Å². The molecule has 2 nitrogen and oxygen atoms in total. The van der Waals surface area contributed by atoms with E-state index in [1.807, 2.05) is 16.3 Å². The van der Waals surface area contributed by atoms with E-state index >= 15 is 0 Å². The maximum absolute atomic E-state index is 12.3. The highest BCUT2D eigenvalue weighted by molar-refractivity contribution is 14.1. The van der Waals surface area contributed by atoms with Crippen molar-refractivity contribution in [2.75, 3.05) is 18.4 Å². The lowest BCUT2D eigenvalue weighted by molar-refractivity contribution is 0.0672. The molecule has 2 heterocycles. The van der Waals surface area contributed by atoms with Gasteiger partial charge in [0.2, 0.25) is 0 Å². The van der Waals surface area contributed by atoms with Crippen molar-refractivity contribution in [2.24, 2.45) is 5.92 Å². The van der Waals surface area contributed by atoms with Crippen LogP contribution in [0.3, 0.4) is 0 Å². The molecule has 1 unspecified atom stereocenters. The molecule has 1 aromatic heterocycles. The molecule has 1 saturated heterocycles. The summed E-state index contributed by atoms with van der Waals surface area (Å²) in [7, 11) is 0. The van der Waals surface area contributed by atoms with Gasteiger partial charge in [0.25, 0.3) is 5.91 Å². The van der Waals surface area contributed by atoms with Crippen molar-refractivity contribution in [3.63, 3.8) is 0 Å². The predicted molar refractivity (Wildman–Crippen MR) is 84.1 cm³/mol. The SMILES string of the molecule is O=C(c1csc(I)c1)N1CCCC(CCBr)C1. The highest BCUT2D eigenvalue weighted by Gasteiger charge is 2.24. The van der Waals surface area contributed by atoms with Gasteiger partial charge in [-0.1, -0.05) is 15.9 Å². The van der Waals surface area contributed by atoms with Crippen molar-refractivity contribution < 1.29 is 4.79 Å². The smallest absolute Gasteiger partial charge is 0.254 e. The van der Waals surface area contributed by atoms with Gasteiger partial charge in [-0.3, -0.25) is 4.79 Å². The maximum atomic E-state index is 12.3. The fraction of sp³-hybridized carbons (Fsp3) is 0.583. The Morgan fingerprint density at radius 1 is 1.65 bits per heavy atom. The molecule has 1 amide bonds. The van der Waals surface area contributed by atoms with Crippen LogP contribution in [0.25, 0.3) is 0 Å². The Balaban J connectivity index is 1.99. The van der Waals surface area contributed by atoms with E-state index in [1.165, 1.54) is 15.7 Å². The largest absolute Gasteiger partial charge is 0.338 e. The quantitative estimate of drug-likeness (QED) is 0.527. The minimum atomic E-state index is 0.212. The minimum Gasteiger partial charge on any atom is -0.338 e. The number of likely N-dealkylation sites (tertiary alicyclic amines) is 1. The molecule has 0 N–H and O–H groups in total. The molecule has 1 aliphatic heterocycles. The highest BCUT2D eigenvalue weighted by Crippen LogP contribution is 2.24. The fourth-order valence-corrected chi connectivity index (χ4v) is 4.21. The molecule has 2 rings (SSSR count). The Bertz CT molecular complexity index is 394. The first-order valence-corrected chi connectivity index (χ1v) is 8.88. The van der Waals surface area contributed by atoms with Crippen LogP contribution in [-0.2, 0) is 0 Å². The summed E-state index contributed by atoms with van der Waals surface area (Å²) in [4.78, 5) is 14.3. The number of carbonyl (C=O) groups excluding carboxylic acids is 1. The Labute approximate surface area is 128 Å². The molecule has 17 heavy (non-hydrogen) atoms. The van der Waals surface area contributed by atoms with Crippen LogP contribution in [0.4, 0.5) is 0 Å². The Kier molecular flexibility index (Phi) is 5.29. The fourth-order valence-electron chi connectivity index (χ4n) is 2.24. The molecule has 5 heteroatoms. The molecule has 1 fully saturated rings. The lowest BCUT2D eigenvalue weighted by Gasteiger charge is -2.32. The van der Waals surface area contributed by atoms with Crippen LogP contribution >= 0.6 is 49.9 Å². The van der Waals surface area contributed by atoms with E-state index in [2.05, 4.69) is 38.5 Å². The number of piperidine rings is 1. The Hall–Kier alpha value is 0.380. The van der Waals surface area contributed by atoms with E-state index in [4.69, 9.17) is 0 Å². The van der Waals surface area contributed by atoms with Gasteiger partial charge in [0, 0.05) is 23.8 Å². The number of alkyl halides is 1. The van der Waals surface area contributed by atoms with Gasteiger partial charge < -0.3 is 4.90 Å². The molecule has 0 aliphatic carbocycles. The number of amides is 1. The van der Waals surface area contributed by atoms with Gasteiger partial charge in [0.1, 0.15) is 0 Å². The standard InChI is InChI=1S/C12H15BrINOS/c13-4-3-9-2-1-5-15(7-9)12(16)10-6-11(14)17-8-10/h6,8-9H,1-5,7H2. The third kappa shape index (κ3) is 3.67. The zero-order valence-electron chi connectivity index (χ0n) is 9.49. The van der Waals surface area contributed by atoms with Crippen molar-refractivity contribution in [1.82, 2.24) is 4.90 Å². The summed E-state index contributed by atoms with van der Waals surface area (Å²) in [6, 6.07) is 1.99. The normalized spacial score (nSPS) is 20.6. The van der Waals surface area contributed by atoms with Crippen LogP contribution in [0.2, 0.25) is 0 Å². The third-order valence-electron chi connectivity index (χ3n) is 3.14. The lowest BCUT2D eigenvalue weighted by Crippen LogP contribution is -2.39. The molecule has 0 spiro atoms. The first kappa shape index (κ1) is 13.8. The minimum absolute atomic E-state index is 0.212.